The lowest BCUT2D eigenvalue weighted by molar-refractivity contribution is 0.102. The van der Waals surface area contributed by atoms with E-state index in [2.05, 4.69) is 15.4 Å². The van der Waals surface area contributed by atoms with Crippen LogP contribution >= 0.6 is 0 Å². The Bertz CT molecular complexity index is 1300. The van der Waals surface area contributed by atoms with E-state index in [4.69, 9.17) is 18.9 Å². The molecule has 0 saturated heterocycles. The van der Waals surface area contributed by atoms with Gasteiger partial charge < -0.3 is 24.3 Å². The van der Waals surface area contributed by atoms with E-state index >= 15 is 0 Å². The number of ether oxygens (including phenoxy) is 4. The molecule has 36 heavy (non-hydrogen) atoms. The monoisotopic (exact) mass is 488 g/mol. The second kappa shape index (κ2) is 11.9. The van der Waals surface area contributed by atoms with E-state index in [1.165, 1.54) is 0 Å². The van der Waals surface area contributed by atoms with E-state index in [1.54, 1.807) is 43.2 Å². The maximum Gasteiger partial charge on any atom is 0.336 e. The number of nitrogens with zero attached hydrogens (tertiary/aromatic N) is 3. The second-order valence-corrected chi connectivity index (χ2v) is 7.64. The molecule has 0 spiro atoms. The van der Waals surface area contributed by atoms with Crippen LogP contribution in [0.25, 0.3) is 17.1 Å². The van der Waals surface area contributed by atoms with E-state index in [-0.39, 0.29) is 11.9 Å². The van der Waals surface area contributed by atoms with Crippen LogP contribution in [0.15, 0.2) is 72.8 Å². The molecule has 0 radical (unpaired) electrons. The van der Waals surface area contributed by atoms with Crippen molar-refractivity contribution in [2.45, 2.75) is 6.92 Å². The molecule has 9 heteroatoms. The Morgan fingerprint density at radius 1 is 0.917 bits per heavy atom. The molecule has 186 valence electrons. The summed E-state index contributed by atoms with van der Waals surface area (Å²) in [5, 5.41) is 7.49. The third-order valence-corrected chi connectivity index (χ3v) is 5.28. The molecule has 0 unspecified atom stereocenters. The first-order valence-corrected chi connectivity index (χ1v) is 11.5. The first-order chi connectivity index (χ1) is 17.6. The van der Waals surface area contributed by atoms with Crippen LogP contribution in [-0.2, 0) is 4.74 Å². The van der Waals surface area contributed by atoms with Gasteiger partial charge in [0.2, 0.25) is 0 Å². The predicted octanol–water partition coefficient (Wildman–Crippen LogP) is 4.62. The van der Waals surface area contributed by atoms with Crippen molar-refractivity contribution in [2.24, 2.45) is 0 Å². The minimum absolute atomic E-state index is 0.228. The van der Waals surface area contributed by atoms with Crippen molar-refractivity contribution in [3.8, 4) is 34.6 Å². The normalized spacial score (nSPS) is 10.6. The molecule has 0 aliphatic rings. The number of aromatic nitrogens is 3. The highest BCUT2D eigenvalue weighted by Gasteiger charge is 2.16. The number of methoxy groups -OCH3 is 2. The Morgan fingerprint density at radius 2 is 1.69 bits per heavy atom. The number of rotatable bonds is 11. The SMILES string of the molecule is CCOCCOc1nc(-c2ccc(OC)cc2)n(-c2cccc(NC(=O)c3cccc(OC)c3)c2)n1. The van der Waals surface area contributed by atoms with Gasteiger partial charge in [0.25, 0.3) is 5.91 Å². The largest absolute Gasteiger partial charge is 0.497 e. The predicted molar refractivity (Wildman–Crippen MR) is 136 cm³/mol. The third kappa shape index (κ3) is 6.00. The number of hydrogen-bond acceptors (Lipinski definition) is 7. The van der Waals surface area contributed by atoms with E-state index in [0.717, 1.165) is 11.3 Å². The van der Waals surface area contributed by atoms with Crippen LogP contribution in [0.5, 0.6) is 17.5 Å². The lowest BCUT2D eigenvalue weighted by Crippen LogP contribution is -2.12. The molecule has 0 aliphatic carbocycles. The van der Waals surface area contributed by atoms with Gasteiger partial charge in [-0.25, -0.2) is 4.68 Å². The Labute approximate surface area is 209 Å². The highest BCUT2D eigenvalue weighted by molar-refractivity contribution is 6.04. The van der Waals surface area contributed by atoms with Crippen molar-refractivity contribution in [1.29, 1.82) is 0 Å². The zero-order valence-corrected chi connectivity index (χ0v) is 20.4. The van der Waals surface area contributed by atoms with Crippen LogP contribution in [0.2, 0.25) is 0 Å². The molecule has 4 aromatic rings. The molecule has 0 aliphatic heterocycles. The standard InChI is InChI=1S/C27H28N4O5/c1-4-35-15-16-36-27-29-25(19-11-13-23(33-2)14-12-19)31(30-27)22-9-6-8-21(18-22)28-26(32)20-7-5-10-24(17-20)34-3/h5-14,17-18H,4,15-16H2,1-3H3,(H,28,32). The van der Waals surface area contributed by atoms with Gasteiger partial charge in [-0.15, -0.1) is 5.10 Å². The zero-order valence-electron chi connectivity index (χ0n) is 20.4. The number of anilines is 1. The quantitative estimate of drug-likeness (QED) is 0.308. The maximum atomic E-state index is 12.8. The zero-order chi connectivity index (χ0) is 25.3. The van der Waals surface area contributed by atoms with Gasteiger partial charge in [-0.1, -0.05) is 12.1 Å². The lowest BCUT2D eigenvalue weighted by atomic mass is 10.2. The Morgan fingerprint density at radius 3 is 2.44 bits per heavy atom. The number of nitrogens with one attached hydrogen (secondary N) is 1. The fourth-order valence-corrected chi connectivity index (χ4v) is 3.48. The highest BCUT2D eigenvalue weighted by Crippen LogP contribution is 2.27. The number of carbonyl (C=O) groups excluding carboxylic acids is 1. The molecular weight excluding hydrogens is 460 g/mol. The summed E-state index contributed by atoms with van der Waals surface area (Å²) >= 11 is 0. The fourth-order valence-electron chi connectivity index (χ4n) is 3.48. The van der Waals surface area contributed by atoms with Gasteiger partial charge in [-0.2, -0.15) is 4.98 Å². The fraction of sp³-hybridized carbons (Fsp3) is 0.222. The van der Waals surface area contributed by atoms with Crippen LogP contribution < -0.4 is 19.5 Å². The molecule has 1 amide bonds. The number of hydrogen-bond donors (Lipinski definition) is 1. The summed E-state index contributed by atoms with van der Waals surface area (Å²) in [4.78, 5) is 17.4. The van der Waals surface area contributed by atoms with Crippen LogP contribution in [0, 0.1) is 0 Å². The topological polar surface area (TPSA) is 96.7 Å². The van der Waals surface area contributed by atoms with Gasteiger partial charge in [0.05, 0.1) is 26.5 Å². The first kappa shape index (κ1) is 24.7. The summed E-state index contributed by atoms with van der Waals surface area (Å²) in [6.07, 6.45) is 0. The molecule has 4 rings (SSSR count). The van der Waals surface area contributed by atoms with Crippen molar-refractivity contribution in [3.63, 3.8) is 0 Å². The summed E-state index contributed by atoms with van der Waals surface area (Å²) < 4.78 is 23.2. The van der Waals surface area contributed by atoms with Gasteiger partial charge >= 0.3 is 6.01 Å². The van der Waals surface area contributed by atoms with Crippen molar-refractivity contribution < 1.29 is 23.7 Å². The highest BCUT2D eigenvalue weighted by atomic mass is 16.5. The van der Waals surface area contributed by atoms with Gasteiger partial charge in [-0.3, -0.25) is 4.79 Å². The smallest absolute Gasteiger partial charge is 0.336 e. The average molecular weight is 489 g/mol. The van der Waals surface area contributed by atoms with Crippen LogP contribution in [0.3, 0.4) is 0 Å². The molecule has 0 fully saturated rings. The molecule has 9 nitrogen and oxygen atoms in total. The molecule has 0 atom stereocenters. The van der Waals surface area contributed by atoms with E-state index in [0.29, 0.717) is 48.3 Å². The Kier molecular flexibility index (Phi) is 8.15. The third-order valence-electron chi connectivity index (χ3n) is 5.28. The minimum Gasteiger partial charge on any atom is -0.497 e. The van der Waals surface area contributed by atoms with Crippen LogP contribution in [-0.4, -0.2) is 54.7 Å². The summed E-state index contributed by atoms with van der Waals surface area (Å²) in [7, 11) is 3.18. The maximum absolute atomic E-state index is 12.8. The van der Waals surface area contributed by atoms with Crippen LogP contribution in [0.1, 0.15) is 17.3 Å². The molecule has 1 aromatic heterocycles. The molecule has 0 saturated carbocycles. The number of carbonyl (C=O) groups is 1. The molecule has 3 aromatic carbocycles. The average Bonchev–Trinajstić information content (AvgIpc) is 3.35. The van der Waals surface area contributed by atoms with Crippen molar-refractivity contribution in [1.82, 2.24) is 14.8 Å². The summed E-state index contributed by atoms with van der Waals surface area (Å²) in [6, 6.07) is 22.1. The molecular formula is C27H28N4O5. The summed E-state index contributed by atoms with van der Waals surface area (Å²) in [6.45, 7) is 3.30. The van der Waals surface area contributed by atoms with E-state index in [9.17, 15) is 4.79 Å². The summed E-state index contributed by atoms with van der Waals surface area (Å²) in [5.74, 6) is 1.68. The van der Waals surface area contributed by atoms with Crippen molar-refractivity contribution in [2.75, 3.05) is 39.4 Å². The molecule has 1 N–H and O–H groups in total. The lowest BCUT2D eigenvalue weighted by Gasteiger charge is -2.10. The van der Waals surface area contributed by atoms with Crippen molar-refractivity contribution in [3.05, 3.63) is 78.4 Å². The number of benzene rings is 3. The number of amides is 1. The Hall–Kier alpha value is -4.37. The van der Waals surface area contributed by atoms with Gasteiger partial charge in [0, 0.05) is 23.4 Å². The minimum atomic E-state index is -0.250. The second-order valence-electron chi connectivity index (χ2n) is 7.64. The van der Waals surface area contributed by atoms with Gasteiger partial charge in [0.15, 0.2) is 5.82 Å². The first-order valence-electron chi connectivity index (χ1n) is 11.5. The van der Waals surface area contributed by atoms with Gasteiger partial charge in [-0.05, 0) is 67.6 Å². The van der Waals surface area contributed by atoms with Crippen molar-refractivity contribution >= 4 is 11.6 Å². The van der Waals surface area contributed by atoms with Crippen LogP contribution in [0.4, 0.5) is 5.69 Å². The molecule has 1 heterocycles. The van der Waals surface area contributed by atoms with Gasteiger partial charge in [0.1, 0.15) is 18.1 Å². The summed E-state index contributed by atoms with van der Waals surface area (Å²) in [5.41, 5.74) is 2.63. The molecule has 0 bridgehead atoms. The van der Waals surface area contributed by atoms with E-state index in [1.807, 2.05) is 55.5 Å². The van der Waals surface area contributed by atoms with E-state index < -0.39 is 0 Å². The Balaban J connectivity index is 1.63.